The number of carbonyl (C=O) groups is 1. The Kier molecular flexibility index (Phi) is 5.67. The minimum atomic E-state index is -0.361. The van der Waals surface area contributed by atoms with Crippen molar-refractivity contribution in [3.63, 3.8) is 0 Å². The normalized spacial score (nSPS) is 26.0. The van der Waals surface area contributed by atoms with Gasteiger partial charge in [-0.15, -0.1) is 0 Å². The quantitative estimate of drug-likeness (QED) is 0.864. The van der Waals surface area contributed by atoms with Crippen LogP contribution < -0.4 is 5.32 Å². The first-order chi connectivity index (χ1) is 9.93. The van der Waals surface area contributed by atoms with Crippen molar-refractivity contribution in [2.75, 3.05) is 39.3 Å². The molecule has 2 aliphatic rings. The number of likely N-dealkylation sites (tertiary alicyclic amines) is 1. The van der Waals surface area contributed by atoms with E-state index in [0.29, 0.717) is 5.91 Å². The Hall–Kier alpha value is -0.610. The van der Waals surface area contributed by atoms with Crippen LogP contribution in [0.1, 0.15) is 47.0 Å². The van der Waals surface area contributed by atoms with Crippen molar-refractivity contribution in [2.24, 2.45) is 11.8 Å². The Bertz CT molecular complexity index is 348. The van der Waals surface area contributed by atoms with Crippen molar-refractivity contribution in [1.29, 1.82) is 0 Å². The van der Waals surface area contributed by atoms with Crippen molar-refractivity contribution >= 4 is 5.91 Å². The lowest BCUT2D eigenvalue weighted by molar-refractivity contribution is -0.143. The summed E-state index contributed by atoms with van der Waals surface area (Å²) in [6.45, 7) is 14.6. The second-order valence-corrected chi connectivity index (χ2v) is 7.52. The van der Waals surface area contributed by atoms with Crippen LogP contribution in [0.2, 0.25) is 0 Å². The molecule has 1 amide bonds. The van der Waals surface area contributed by atoms with Gasteiger partial charge in [0.05, 0.1) is 5.54 Å². The Labute approximate surface area is 130 Å². The fourth-order valence-electron chi connectivity index (χ4n) is 3.74. The molecular formula is C17H33N3O. The number of amides is 1. The van der Waals surface area contributed by atoms with E-state index >= 15 is 0 Å². The number of nitrogens with one attached hydrogen (secondary N) is 1. The number of hydrogen-bond donors (Lipinski definition) is 1. The van der Waals surface area contributed by atoms with Crippen molar-refractivity contribution in [3.8, 4) is 0 Å². The average molecular weight is 295 g/mol. The molecule has 0 radical (unpaired) electrons. The SMILES string of the molecule is CC(C)C1CCCN(C(=O)C(C)(C)N2CCNCC2)CC1. The minimum absolute atomic E-state index is 0.328. The molecule has 0 aromatic rings. The van der Waals surface area contributed by atoms with Crippen LogP contribution in [-0.2, 0) is 4.79 Å². The molecule has 4 nitrogen and oxygen atoms in total. The van der Waals surface area contributed by atoms with E-state index in [4.69, 9.17) is 0 Å². The highest BCUT2D eigenvalue weighted by Gasteiger charge is 2.38. The van der Waals surface area contributed by atoms with Crippen molar-refractivity contribution in [1.82, 2.24) is 15.1 Å². The Morgan fingerprint density at radius 3 is 2.38 bits per heavy atom. The first-order valence-electron chi connectivity index (χ1n) is 8.68. The van der Waals surface area contributed by atoms with Crippen LogP contribution in [0.5, 0.6) is 0 Å². The fraction of sp³-hybridized carbons (Fsp3) is 0.941. The summed E-state index contributed by atoms with van der Waals surface area (Å²) in [5.41, 5.74) is -0.361. The zero-order chi connectivity index (χ0) is 15.5. The Balaban J connectivity index is 1.98. The molecule has 2 heterocycles. The second-order valence-electron chi connectivity index (χ2n) is 7.52. The maximum absolute atomic E-state index is 13.0. The molecule has 0 bridgehead atoms. The fourth-order valence-corrected chi connectivity index (χ4v) is 3.74. The molecule has 1 N–H and O–H groups in total. The molecule has 2 rings (SSSR count). The predicted octanol–water partition coefficient (Wildman–Crippen LogP) is 1.95. The standard InChI is InChI=1S/C17H33N3O/c1-14(2)15-6-5-10-19(11-7-15)16(21)17(3,4)20-12-8-18-9-13-20/h14-15,18H,5-13H2,1-4H3. The van der Waals surface area contributed by atoms with E-state index in [1.807, 2.05) is 0 Å². The van der Waals surface area contributed by atoms with E-state index in [2.05, 4.69) is 42.8 Å². The number of carbonyl (C=O) groups excluding carboxylic acids is 1. The number of nitrogens with zero attached hydrogens (tertiary/aromatic N) is 2. The second kappa shape index (κ2) is 7.10. The van der Waals surface area contributed by atoms with E-state index in [1.165, 1.54) is 12.8 Å². The van der Waals surface area contributed by atoms with Gasteiger partial charge in [-0.1, -0.05) is 13.8 Å². The summed E-state index contributed by atoms with van der Waals surface area (Å²) < 4.78 is 0. The molecule has 4 heteroatoms. The van der Waals surface area contributed by atoms with Gasteiger partial charge < -0.3 is 10.2 Å². The van der Waals surface area contributed by atoms with E-state index in [1.54, 1.807) is 0 Å². The van der Waals surface area contributed by atoms with E-state index in [-0.39, 0.29) is 5.54 Å². The first-order valence-corrected chi connectivity index (χ1v) is 8.68. The Morgan fingerprint density at radius 1 is 1.10 bits per heavy atom. The highest BCUT2D eigenvalue weighted by Crippen LogP contribution is 2.27. The van der Waals surface area contributed by atoms with Crippen LogP contribution in [0.15, 0.2) is 0 Å². The molecule has 2 fully saturated rings. The van der Waals surface area contributed by atoms with Crippen LogP contribution >= 0.6 is 0 Å². The highest BCUT2D eigenvalue weighted by atomic mass is 16.2. The van der Waals surface area contributed by atoms with E-state index in [0.717, 1.165) is 57.5 Å². The summed E-state index contributed by atoms with van der Waals surface area (Å²) in [5.74, 6) is 1.85. The van der Waals surface area contributed by atoms with Crippen LogP contribution in [0.4, 0.5) is 0 Å². The monoisotopic (exact) mass is 295 g/mol. The number of rotatable bonds is 3. The van der Waals surface area contributed by atoms with Crippen molar-refractivity contribution < 1.29 is 4.79 Å². The zero-order valence-electron chi connectivity index (χ0n) is 14.3. The van der Waals surface area contributed by atoms with Gasteiger partial charge >= 0.3 is 0 Å². The van der Waals surface area contributed by atoms with Gasteiger partial charge in [-0.05, 0) is 44.9 Å². The summed E-state index contributed by atoms with van der Waals surface area (Å²) in [5, 5.41) is 3.37. The lowest BCUT2D eigenvalue weighted by Gasteiger charge is -2.42. The van der Waals surface area contributed by atoms with Crippen LogP contribution in [0.25, 0.3) is 0 Å². The van der Waals surface area contributed by atoms with Crippen LogP contribution in [0.3, 0.4) is 0 Å². The van der Waals surface area contributed by atoms with Gasteiger partial charge in [0, 0.05) is 39.3 Å². The summed E-state index contributed by atoms with van der Waals surface area (Å²) in [6.07, 6.45) is 3.60. The largest absolute Gasteiger partial charge is 0.341 e. The maximum atomic E-state index is 13.0. The first kappa shape index (κ1) is 16.8. The smallest absolute Gasteiger partial charge is 0.242 e. The lowest BCUT2D eigenvalue weighted by Crippen LogP contribution is -2.60. The topological polar surface area (TPSA) is 35.6 Å². The highest BCUT2D eigenvalue weighted by molar-refractivity contribution is 5.85. The van der Waals surface area contributed by atoms with Crippen LogP contribution in [-0.4, -0.2) is 60.5 Å². The molecule has 0 aromatic carbocycles. The molecular weight excluding hydrogens is 262 g/mol. The molecule has 1 atom stereocenters. The van der Waals surface area contributed by atoms with Gasteiger partial charge in [-0.25, -0.2) is 0 Å². The van der Waals surface area contributed by atoms with E-state index in [9.17, 15) is 4.79 Å². The third-order valence-electron chi connectivity index (χ3n) is 5.43. The van der Waals surface area contributed by atoms with Gasteiger partial charge in [0.15, 0.2) is 0 Å². The number of hydrogen-bond acceptors (Lipinski definition) is 3. The molecule has 0 saturated carbocycles. The minimum Gasteiger partial charge on any atom is -0.341 e. The summed E-state index contributed by atoms with van der Waals surface area (Å²) in [6, 6.07) is 0. The summed E-state index contributed by atoms with van der Waals surface area (Å²) in [7, 11) is 0. The molecule has 2 aliphatic heterocycles. The summed E-state index contributed by atoms with van der Waals surface area (Å²) >= 11 is 0. The maximum Gasteiger partial charge on any atom is 0.242 e. The van der Waals surface area contributed by atoms with Gasteiger partial charge in [-0.2, -0.15) is 0 Å². The molecule has 0 aromatic heterocycles. The molecule has 1 unspecified atom stereocenters. The number of piperazine rings is 1. The molecule has 2 saturated heterocycles. The zero-order valence-corrected chi connectivity index (χ0v) is 14.3. The molecule has 0 spiro atoms. The lowest BCUT2D eigenvalue weighted by atomic mass is 9.89. The summed E-state index contributed by atoms with van der Waals surface area (Å²) in [4.78, 5) is 17.5. The van der Waals surface area contributed by atoms with Gasteiger partial charge in [0.25, 0.3) is 0 Å². The molecule has 0 aliphatic carbocycles. The van der Waals surface area contributed by atoms with Gasteiger partial charge in [-0.3, -0.25) is 9.69 Å². The Morgan fingerprint density at radius 2 is 1.76 bits per heavy atom. The molecule has 21 heavy (non-hydrogen) atoms. The molecule has 122 valence electrons. The van der Waals surface area contributed by atoms with E-state index < -0.39 is 0 Å². The van der Waals surface area contributed by atoms with Gasteiger partial charge in [0.2, 0.25) is 5.91 Å². The van der Waals surface area contributed by atoms with Crippen molar-refractivity contribution in [3.05, 3.63) is 0 Å². The van der Waals surface area contributed by atoms with Crippen molar-refractivity contribution in [2.45, 2.75) is 52.5 Å². The van der Waals surface area contributed by atoms with Gasteiger partial charge in [0.1, 0.15) is 0 Å². The average Bonchev–Trinajstić information content (AvgIpc) is 2.73. The predicted molar refractivity (Wildman–Crippen MR) is 87.3 cm³/mol. The third kappa shape index (κ3) is 3.98. The third-order valence-corrected chi connectivity index (χ3v) is 5.43. The van der Waals surface area contributed by atoms with Crippen LogP contribution in [0, 0.1) is 11.8 Å².